The summed E-state index contributed by atoms with van der Waals surface area (Å²) >= 11 is 0. The molecule has 0 heteroatoms. The largest absolute Gasteiger partial charge is 0.149 e. The molecule has 13 heavy (non-hydrogen) atoms. The Balaban J connectivity index is 2.41. The molecular weight excluding hydrogens is 156 g/mol. The number of benzene rings is 1. The number of aryl methyl sites for hydroxylation is 2. The van der Waals surface area contributed by atoms with Crippen LogP contribution in [0.1, 0.15) is 11.1 Å². The molecule has 0 atom stereocenters. The van der Waals surface area contributed by atoms with Crippen LogP contribution in [0.4, 0.5) is 0 Å². The summed E-state index contributed by atoms with van der Waals surface area (Å²) in [5.74, 6) is 0. The van der Waals surface area contributed by atoms with Gasteiger partial charge in [-0.25, -0.2) is 0 Å². The van der Waals surface area contributed by atoms with Crippen molar-refractivity contribution in [3.63, 3.8) is 0 Å². The summed E-state index contributed by atoms with van der Waals surface area (Å²) in [4.78, 5) is 0. The van der Waals surface area contributed by atoms with Crippen molar-refractivity contribution < 1.29 is 0 Å². The van der Waals surface area contributed by atoms with Gasteiger partial charge in [0.15, 0.2) is 0 Å². The van der Waals surface area contributed by atoms with Crippen LogP contribution in [0.25, 0.3) is 11.1 Å². The third-order valence-electron chi connectivity index (χ3n) is 2.29. The fourth-order valence-corrected chi connectivity index (χ4v) is 1.49. The first-order valence-electron chi connectivity index (χ1n) is 4.56. The molecular formula is C13H13-. The van der Waals surface area contributed by atoms with Gasteiger partial charge in [0.25, 0.3) is 0 Å². The van der Waals surface area contributed by atoms with E-state index in [9.17, 15) is 0 Å². The van der Waals surface area contributed by atoms with E-state index in [1.165, 1.54) is 22.3 Å². The van der Waals surface area contributed by atoms with Crippen molar-refractivity contribution in [2.45, 2.75) is 13.8 Å². The lowest BCUT2D eigenvalue weighted by molar-refractivity contribution is 1.47. The standard InChI is InChI=1S/C13H13/c1-10-3-6-12(7-4-10)13-8-5-11(2)9-13/h3-9H,1-2H3/q-1. The first-order chi connectivity index (χ1) is 6.25. The first kappa shape index (κ1) is 8.18. The van der Waals surface area contributed by atoms with Crippen LogP contribution in [0.5, 0.6) is 0 Å². The highest BCUT2D eigenvalue weighted by Gasteiger charge is 1.90. The maximum atomic E-state index is 2.21. The SMILES string of the molecule is Cc1ccc(-[c-]2ccc(C)c2)cc1. The molecule has 0 aliphatic heterocycles. The molecule has 0 fully saturated rings. The van der Waals surface area contributed by atoms with Crippen molar-refractivity contribution in [3.05, 3.63) is 53.6 Å². The molecule has 0 heterocycles. The third kappa shape index (κ3) is 1.67. The van der Waals surface area contributed by atoms with Crippen LogP contribution in [0.2, 0.25) is 0 Å². The molecule has 66 valence electrons. The van der Waals surface area contributed by atoms with E-state index in [0.717, 1.165) is 0 Å². The van der Waals surface area contributed by atoms with Crippen molar-refractivity contribution in [2.24, 2.45) is 0 Å². The fourth-order valence-electron chi connectivity index (χ4n) is 1.49. The Labute approximate surface area is 79.2 Å². The smallest absolute Gasteiger partial charge is 0.0410 e. The number of rotatable bonds is 1. The van der Waals surface area contributed by atoms with Crippen molar-refractivity contribution in [1.29, 1.82) is 0 Å². The predicted octanol–water partition coefficient (Wildman–Crippen LogP) is 3.69. The highest BCUT2D eigenvalue weighted by Crippen LogP contribution is 2.21. The van der Waals surface area contributed by atoms with Crippen LogP contribution in [0, 0.1) is 13.8 Å². The van der Waals surface area contributed by atoms with Gasteiger partial charge in [-0.1, -0.05) is 30.2 Å². The Morgan fingerprint density at radius 2 is 1.54 bits per heavy atom. The van der Waals surface area contributed by atoms with Gasteiger partial charge in [-0.3, -0.25) is 0 Å². The van der Waals surface area contributed by atoms with Gasteiger partial charge < -0.3 is 0 Å². The Bertz CT molecular complexity index is 390. The van der Waals surface area contributed by atoms with Gasteiger partial charge in [-0.05, 0) is 6.92 Å². The number of hydrogen-bond acceptors (Lipinski definition) is 0. The minimum absolute atomic E-state index is 1.30. The lowest BCUT2D eigenvalue weighted by Gasteiger charge is -2.04. The quantitative estimate of drug-likeness (QED) is 0.571. The van der Waals surface area contributed by atoms with E-state index in [2.05, 4.69) is 56.3 Å². The van der Waals surface area contributed by atoms with E-state index in [0.29, 0.717) is 0 Å². The topological polar surface area (TPSA) is 0 Å². The van der Waals surface area contributed by atoms with Gasteiger partial charge in [0, 0.05) is 0 Å². The summed E-state index contributed by atoms with van der Waals surface area (Å²) in [7, 11) is 0. The monoisotopic (exact) mass is 169 g/mol. The summed E-state index contributed by atoms with van der Waals surface area (Å²) in [6.45, 7) is 4.23. The predicted molar refractivity (Wildman–Crippen MR) is 56.9 cm³/mol. The van der Waals surface area contributed by atoms with Crippen molar-refractivity contribution in [1.82, 2.24) is 0 Å². The molecule has 0 saturated carbocycles. The van der Waals surface area contributed by atoms with E-state index >= 15 is 0 Å². The second-order valence-electron chi connectivity index (χ2n) is 3.54. The summed E-state index contributed by atoms with van der Waals surface area (Å²) in [5.41, 5.74) is 5.26. The molecule has 0 bridgehead atoms. The van der Waals surface area contributed by atoms with Crippen molar-refractivity contribution in [2.75, 3.05) is 0 Å². The molecule has 0 N–H and O–H groups in total. The van der Waals surface area contributed by atoms with E-state index in [1.807, 2.05) is 0 Å². The molecule has 2 aromatic rings. The highest BCUT2D eigenvalue weighted by molar-refractivity contribution is 5.65. The molecule has 2 aromatic carbocycles. The molecule has 2 rings (SSSR count). The molecule has 0 radical (unpaired) electrons. The molecule has 0 saturated heterocycles. The summed E-state index contributed by atoms with van der Waals surface area (Å²) in [6.07, 6.45) is 0. The van der Waals surface area contributed by atoms with Crippen molar-refractivity contribution >= 4 is 0 Å². The zero-order valence-electron chi connectivity index (χ0n) is 8.04. The Morgan fingerprint density at radius 1 is 0.846 bits per heavy atom. The summed E-state index contributed by atoms with van der Waals surface area (Å²) in [6, 6.07) is 15.2. The van der Waals surface area contributed by atoms with Crippen LogP contribution >= 0.6 is 0 Å². The Morgan fingerprint density at radius 3 is 2.08 bits per heavy atom. The molecule has 0 spiro atoms. The molecule has 0 unspecified atom stereocenters. The van der Waals surface area contributed by atoms with Crippen LogP contribution < -0.4 is 0 Å². The van der Waals surface area contributed by atoms with E-state index in [4.69, 9.17) is 0 Å². The molecule has 0 aliphatic carbocycles. The molecule has 0 amide bonds. The number of hydrogen-bond donors (Lipinski definition) is 0. The fraction of sp³-hybridized carbons (Fsp3) is 0.154. The molecule has 0 aliphatic rings. The van der Waals surface area contributed by atoms with E-state index < -0.39 is 0 Å². The summed E-state index contributed by atoms with van der Waals surface area (Å²) < 4.78 is 0. The minimum Gasteiger partial charge on any atom is -0.149 e. The van der Waals surface area contributed by atoms with Gasteiger partial charge >= 0.3 is 0 Å². The maximum Gasteiger partial charge on any atom is -0.0410 e. The van der Waals surface area contributed by atoms with Gasteiger partial charge in [0.2, 0.25) is 0 Å². The maximum absolute atomic E-state index is 2.21. The van der Waals surface area contributed by atoms with Gasteiger partial charge in [-0.15, -0.1) is 41.5 Å². The van der Waals surface area contributed by atoms with Crippen LogP contribution in [-0.4, -0.2) is 0 Å². The van der Waals surface area contributed by atoms with Crippen LogP contribution in [0.3, 0.4) is 0 Å². The van der Waals surface area contributed by atoms with Crippen LogP contribution in [-0.2, 0) is 0 Å². The Kier molecular flexibility index (Phi) is 1.97. The van der Waals surface area contributed by atoms with E-state index in [-0.39, 0.29) is 0 Å². The van der Waals surface area contributed by atoms with E-state index in [1.54, 1.807) is 0 Å². The second kappa shape index (κ2) is 3.14. The molecule has 0 aromatic heterocycles. The average molecular weight is 169 g/mol. The Hall–Kier alpha value is -1.43. The summed E-state index contributed by atoms with van der Waals surface area (Å²) in [5, 5.41) is 0. The first-order valence-corrected chi connectivity index (χ1v) is 4.56. The minimum atomic E-state index is 1.30. The zero-order valence-corrected chi connectivity index (χ0v) is 8.04. The van der Waals surface area contributed by atoms with Gasteiger partial charge in [0.05, 0.1) is 0 Å². The lowest BCUT2D eigenvalue weighted by Crippen LogP contribution is -1.74. The lowest BCUT2D eigenvalue weighted by atomic mass is 10.1. The zero-order chi connectivity index (χ0) is 9.26. The highest BCUT2D eigenvalue weighted by atomic mass is 14.0. The molecule has 0 nitrogen and oxygen atoms in total. The normalized spacial score (nSPS) is 10.3. The second-order valence-corrected chi connectivity index (χ2v) is 3.54. The van der Waals surface area contributed by atoms with Gasteiger partial charge in [0.1, 0.15) is 0 Å². The average Bonchev–Trinajstić information content (AvgIpc) is 2.53. The van der Waals surface area contributed by atoms with Gasteiger partial charge in [-0.2, -0.15) is 0 Å². The van der Waals surface area contributed by atoms with Crippen LogP contribution in [0.15, 0.2) is 42.5 Å². The van der Waals surface area contributed by atoms with Crippen molar-refractivity contribution in [3.8, 4) is 11.1 Å². The third-order valence-corrected chi connectivity index (χ3v) is 2.29.